The van der Waals surface area contributed by atoms with Crippen LogP contribution in [0.25, 0.3) is 0 Å². The average molecular weight is 415 g/mol. The Bertz CT molecular complexity index is 646. The van der Waals surface area contributed by atoms with Crippen LogP contribution in [0.4, 0.5) is 0 Å². The number of thiol groups is 1. The van der Waals surface area contributed by atoms with Gasteiger partial charge in [0.15, 0.2) is 0 Å². The van der Waals surface area contributed by atoms with Crippen molar-refractivity contribution in [3.05, 3.63) is 62.5 Å². The van der Waals surface area contributed by atoms with E-state index < -0.39 is 0 Å². The number of hydrogen-bond donors (Lipinski definition) is 1. The Kier molecular flexibility index (Phi) is 5.29. The SMILES string of the molecule is CN(Cc1ccccc1Br)C(=O)c1ccc(Br)cc1S. The molecule has 0 aromatic heterocycles. The molecule has 0 heterocycles. The minimum Gasteiger partial charge on any atom is -0.337 e. The van der Waals surface area contributed by atoms with E-state index in [1.807, 2.05) is 36.4 Å². The predicted octanol–water partition coefficient (Wildman–Crippen LogP) is 4.77. The summed E-state index contributed by atoms with van der Waals surface area (Å²) < 4.78 is 1.91. The first-order valence-corrected chi connectivity index (χ1v) is 7.99. The lowest BCUT2D eigenvalue weighted by atomic mass is 10.1. The second kappa shape index (κ2) is 6.78. The van der Waals surface area contributed by atoms with E-state index >= 15 is 0 Å². The van der Waals surface area contributed by atoms with Crippen molar-refractivity contribution < 1.29 is 4.79 Å². The van der Waals surface area contributed by atoms with Gasteiger partial charge in [-0.3, -0.25) is 4.79 Å². The number of amides is 1. The van der Waals surface area contributed by atoms with Crippen molar-refractivity contribution in [1.29, 1.82) is 0 Å². The summed E-state index contributed by atoms with van der Waals surface area (Å²) in [5, 5.41) is 0. The largest absolute Gasteiger partial charge is 0.337 e. The van der Waals surface area contributed by atoms with Gasteiger partial charge < -0.3 is 4.90 Å². The fourth-order valence-corrected chi connectivity index (χ4v) is 3.10. The fraction of sp³-hybridized carbons (Fsp3) is 0.133. The van der Waals surface area contributed by atoms with Gasteiger partial charge in [0.2, 0.25) is 0 Å². The van der Waals surface area contributed by atoms with Crippen LogP contribution in [-0.2, 0) is 6.54 Å². The molecule has 2 aromatic carbocycles. The van der Waals surface area contributed by atoms with Crippen molar-refractivity contribution in [3.8, 4) is 0 Å². The number of halogens is 2. The molecule has 0 N–H and O–H groups in total. The molecule has 0 bridgehead atoms. The number of benzene rings is 2. The lowest BCUT2D eigenvalue weighted by molar-refractivity contribution is 0.0781. The maximum absolute atomic E-state index is 12.4. The van der Waals surface area contributed by atoms with Crippen LogP contribution in [0.5, 0.6) is 0 Å². The van der Waals surface area contributed by atoms with Crippen molar-refractivity contribution >= 4 is 50.4 Å². The zero-order valence-electron chi connectivity index (χ0n) is 10.8. The third kappa shape index (κ3) is 3.65. The van der Waals surface area contributed by atoms with Gasteiger partial charge in [-0.15, -0.1) is 12.6 Å². The van der Waals surface area contributed by atoms with Crippen molar-refractivity contribution in [3.63, 3.8) is 0 Å². The first-order chi connectivity index (χ1) is 9.49. The number of rotatable bonds is 3. The van der Waals surface area contributed by atoms with E-state index in [9.17, 15) is 4.79 Å². The van der Waals surface area contributed by atoms with Crippen LogP contribution in [0.15, 0.2) is 56.3 Å². The highest BCUT2D eigenvalue weighted by Gasteiger charge is 2.15. The molecule has 1 amide bonds. The molecular weight excluding hydrogens is 402 g/mol. The monoisotopic (exact) mass is 413 g/mol. The summed E-state index contributed by atoms with van der Waals surface area (Å²) in [6, 6.07) is 13.3. The summed E-state index contributed by atoms with van der Waals surface area (Å²) in [5.74, 6) is -0.0433. The lowest BCUT2D eigenvalue weighted by Gasteiger charge is -2.19. The molecule has 0 atom stereocenters. The van der Waals surface area contributed by atoms with Gasteiger partial charge in [0.05, 0.1) is 5.56 Å². The van der Waals surface area contributed by atoms with Crippen LogP contribution >= 0.6 is 44.5 Å². The second-order valence-corrected chi connectivity index (χ2v) is 6.67. The highest BCUT2D eigenvalue weighted by molar-refractivity contribution is 9.10. The topological polar surface area (TPSA) is 20.3 Å². The summed E-state index contributed by atoms with van der Waals surface area (Å²) in [7, 11) is 1.79. The van der Waals surface area contributed by atoms with Gasteiger partial charge in [0, 0.05) is 27.4 Å². The molecule has 0 radical (unpaired) electrons. The predicted molar refractivity (Wildman–Crippen MR) is 91.3 cm³/mol. The number of hydrogen-bond acceptors (Lipinski definition) is 2. The Balaban J connectivity index is 2.19. The smallest absolute Gasteiger partial charge is 0.255 e. The average Bonchev–Trinajstić information content (AvgIpc) is 2.40. The van der Waals surface area contributed by atoms with Crippen LogP contribution in [0, 0.1) is 0 Å². The molecule has 0 saturated carbocycles. The molecule has 0 unspecified atom stereocenters. The van der Waals surface area contributed by atoms with Crippen LogP contribution in [0.3, 0.4) is 0 Å². The second-order valence-electron chi connectivity index (χ2n) is 4.41. The first-order valence-electron chi connectivity index (χ1n) is 5.96. The molecule has 0 spiro atoms. The van der Waals surface area contributed by atoms with Gasteiger partial charge in [0.25, 0.3) is 5.91 Å². The van der Waals surface area contributed by atoms with Gasteiger partial charge >= 0.3 is 0 Å². The molecular formula is C15H13Br2NOS. The Morgan fingerprint density at radius 3 is 2.55 bits per heavy atom. The molecule has 2 nitrogen and oxygen atoms in total. The Hall–Kier alpha value is -0.780. The van der Waals surface area contributed by atoms with Crippen LogP contribution < -0.4 is 0 Å². The van der Waals surface area contributed by atoms with E-state index in [4.69, 9.17) is 0 Å². The molecule has 104 valence electrons. The van der Waals surface area contributed by atoms with Crippen molar-refractivity contribution in [1.82, 2.24) is 4.90 Å². The molecule has 20 heavy (non-hydrogen) atoms. The van der Waals surface area contributed by atoms with E-state index in [1.165, 1.54) is 0 Å². The normalized spacial score (nSPS) is 10.4. The minimum atomic E-state index is -0.0433. The number of carbonyl (C=O) groups is 1. The maximum atomic E-state index is 12.4. The zero-order valence-corrected chi connectivity index (χ0v) is 14.9. The summed E-state index contributed by atoms with van der Waals surface area (Å²) in [5.41, 5.74) is 1.67. The quantitative estimate of drug-likeness (QED) is 0.717. The highest BCUT2D eigenvalue weighted by Crippen LogP contribution is 2.22. The Morgan fingerprint density at radius 1 is 1.20 bits per heavy atom. The third-order valence-electron chi connectivity index (χ3n) is 2.90. The van der Waals surface area contributed by atoms with Crippen LogP contribution in [0.2, 0.25) is 0 Å². The lowest BCUT2D eigenvalue weighted by Crippen LogP contribution is -2.26. The van der Waals surface area contributed by atoms with Gasteiger partial charge in [-0.05, 0) is 29.8 Å². The van der Waals surface area contributed by atoms with Gasteiger partial charge in [0.1, 0.15) is 0 Å². The molecule has 2 rings (SSSR count). The summed E-state index contributed by atoms with van der Waals surface area (Å²) in [4.78, 5) is 14.8. The van der Waals surface area contributed by atoms with Gasteiger partial charge in [-0.2, -0.15) is 0 Å². The third-order valence-corrected chi connectivity index (χ3v) is 4.54. The molecule has 0 saturated heterocycles. The van der Waals surface area contributed by atoms with E-state index in [0.29, 0.717) is 17.0 Å². The van der Waals surface area contributed by atoms with Crippen molar-refractivity contribution in [2.75, 3.05) is 7.05 Å². The summed E-state index contributed by atoms with van der Waals surface area (Å²) >= 11 is 11.2. The molecule has 0 fully saturated rings. The first kappa shape index (κ1) is 15.6. The van der Waals surface area contributed by atoms with E-state index in [0.717, 1.165) is 14.5 Å². The maximum Gasteiger partial charge on any atom is 0.255 e. The Labute approximate surface area is 140 Å². The van der Waals surface area contributed by atoms with E-state index in [1.54, 1.807) is 18.0 Å². The molecule has 0 aliphatic rings. The highest BCUT2D eigenvalue weighted by atomic mass is 79.9. The number of nitrogens with zero attached hydrogens (tertiary/aromatic N) is 1. The van der Waals surface area contributed by atoms with Crippen molar-refractivity contribution in [2.45, 2.75) is 11.4 Å². The minimum absolute atomic E-state index is 0.0433. The van der Waals surface area contributed by atoms with Crippen LogP contribution in [0.1, 0.15) is 15.9 Å². The van der Waals surface area contributed by atoms with Crippen LogP contribution in [-0.4, -0.2) is 17.9 Å². The summed E-state index contributed by atoms with van der Waals surface area (Å²) in [6.45, 7) is 0.545. The molecule has 2 aromatic rings. The van der Waals surface area contributed by atoms with E-state index in [-0.39, 0.29) is 5.91 Å². The Morgan fingerprint density at radius 2 is 1.90 bits per heavy atom. The summed E-state index contributed by atoms with van der Waals surface area (Å²) in [6.07, 6.45) is 0. The van der Waals surface area contributed by atoms with E-state index in [2.05, 4.69) is 44.5 Å². The fourth-order valence-electron chi connectivity index (χ4n) is 1.85. The standard InChI is InChI=1S/C15H13Br2NOS/c1-18(9-10-4-2-3-5-13(10)17)15(19)12-7-6-11(16)8-14(12)20/h2-8,20H,9H2,1H3. The zero-order chi connectivity index (χ0) is 14.7. The van der Waals surface area contributed by atoms with Gasteiger partial charge in [-0.25, -0.2) is 0 Å². The van der Waals surface area contributed by atoms with Crippen molar-refractivity contribution in [2.24, 2.45) is 0 Å². The molecule has 0 aliphatic heterocycles. The number of carbonyl (C=O) groups excluding carboxylic acids is 1. The molecule has 5 heteroatoms. The van der Waals surface area contributed by atoms with Gasteiger partial charge in [-0.1, -0.05) is 50.1 Å². The molecule has 0 aliphatic carbocycles.